The van der Waals surface area contributed by atoms with Gasteiger partial charge in [0.15, 0.2) is 0 Å². The number of para-hydroxylation sites is 1. The number of fused-ring (bicyclic) bond motifs is 1. The minimum atomic E-state index is -3.02. The molecule has 5 rings (SSSR count). The Labute approximate surface area is 183 Å². The van der Waals surface area contributed by atoms with Crippen LogP contribution in [0.5, 0.6) is 5.75 Å². The van der Waals surface area contributed by atoms with Crippen molar-refractivity contribution in [3.8, 4) is 11.4 Å². The Balaban J connectivity index is 1.53. The van der Waals surface area contributed by atoms with E-state index in [1.807, 2.05) is 48.1 Å². The molecule has 0 unspecified atom stereocenters. The van der Waals surface area contributed by atoms with Crippen LogP contribution < -0.4 is 4.74 Å². The van der Waals surface area contributed by atoms with E-state index in [1.54, 1.807) is 6.07 Å². The summed E-state index contributed by atoms with van der Waals surface area (Å²) < 4.78 is 47.7. The molecule has 4 nitrogen and oxygen atoms in total. The summed E-state index contributed by atoms with van der Waals surface area (Å²) in [6, 6.07) is 14.2. The van der Waals surface area contributed by atoms with Gasteiger partial charge >= 0.3 is 6.61 Å². The van der Waals surface area contributed by atoms with Crippen LogP contribution in [0.4, 0.5) is 13.2 Å². The molecular formula is C25H22F3N3O. The maximum absolute atomic E-state index is 14.3. The number of ether oxygens (including phenoxy) is 1. The SMILES string of the molecule is CCc1nc2c(F)cccc2c(OC(F)F)c1Cc1ccc(-n2nccc2C2CC2)cc1. The van der Waals surface area contributed by atoms with E-state index in [4.69, 9.17) is 4.74 Å². The van der Waals surface area contributed by atoms with Gasteiger partial charge < -0.3 is 4.74 Å². The minimum Gasteiger partial charge on any atom is -0.434 e. The molecule has 0 radical (unpaired) electrons. The zero-order valence-corrected chi connectivity index (χ0v) is 17.6. The standard InChI is InChI=1S/C25H22F3N3O/c1-2-21-19(24(32-25(27)28)18-4-3-5-20(26)23(18)30-21)14-15-6-10-17(11-7-15)31-22(12-13-29-31)16-8-9-16/h3-7,10-13,16,25H,2,8-9,14H2,1H3. The Kier molecular flexibility index (Phi) is 5.33. The van der Waals surface area contributed by atoms with Crippen molar-refractivity contribution in [2.75, 3.05) is 0 Å². The number of nitrogens with zero attached hydrogens (tertiary/aromatic N) is 3. The van der Waals surface area contributed by atoms with E-state index < -0.39 is 12.4 Å². The Hall–Kier alpha value is -3.35. The topological polar surface area (TPSA) is 39.9 Å². The molecule has 0 saturated heterocycles. The third kappa shape index (κ3) is 3.83. The van der Waals surface area contributed by atoms with Gasteiger partial charge in [0.2, 0.25) is 0 Å². The average molecular weight is 437 g/mol. The van der Waals surface area contributed by atoms with E-state index in [2.05, 4.69) is 10.1 Å². The van der Waals surface area contributed by atoms with Crippen LogP contribution in [0, 0.1) is 5.82 Å². The number of alkyl halides is 2. The molecule has 1 aliphatic rings. The van der Waals surface area contributed by atoms with Crippen LogP contribution in [0.2, 0.25) is 0 Å². The third-order valence-electron chi connectivity index (χ3n) is 5.87. The van der Waals surface area contributed by atoms with Crippen molar-refractivity contribution in [1.82, 2.24) is 14.8 Å². The molecule has 2 aromatic carbocycles. The lowest BCUT2D eigenvalue weighted by Crippen LogP contribution is -2.10. The van der Waals surface area contributed by atoms with Crippen LogP contribution in [0.3, 0.4) is 0 Å². The van der Waals surface area contributed by atoms with Gasteiger partial charge in [-0.3, -0.25) is 0 Å². The molecule has 1 fully saturated rings. The zero-order valence-electron chi connectivity index (χ0n) is 17.6. The average Bonchev–Trinajstić information content (AvgIpc) is 3.52. The number of rotatable bonds is 7. The quantitative estimate of drug-likeness (QED) is 0.346. The highest BCUT2D eigenvalue weighted by molar-refractivity contribution is 5.87. The monoisotopic (exact) mass is 437 g/mol. The molecule has 2 heterocycles. The number of aryl methyl sites for hydroxylation is 1. The highest BCUT2D eigenvalue weighted by Gasteiger charge is 2.27. The van der Waals surface area contributed by atoms with Crippen molar-refractivity contribution in [2.24, 2.45) is 0 Å². The van der Waals surface area contributed by atoms with E-state index in [0.717, 1.165) is 11.3 Å². The molecule has 0 aliphatic heterocycles. The molecule has 0 atom stereocenters. The smallest absolute Gasteiger partial charge is 0.387 e. The molecule has 32 heavy (non-hydrogen) atoms. The third-order valence-corrected chi connectivity index (χ3v) is 5.87. The van der Waals surface area contributed by atoms with Crippen LogP contribution in [-0.2, 0) is 12.8 Å². The fourth-order valence-corrected chi connectivity index (χ4v) is 4.18. The van der Waals surface area contributed by atoms with Crippen molar-refractivity contribution in [1.29, 1.82) is 0 Å². The number of aromatic nitrogens is 3. The first-order valence-electron chi connectivity index (χ1n) is 10.7. The molecule has 1 saturated carbocycles. The van der Waals surface area contributed by atoms with Crippen molar-refractivity contribution in [2.45, 2.75) is 45.1 Å². The highest BCUT2D eigenvalue weighted by Crippen LogP contribution is 2.40. The summed E-state index contributed by atoms with van der Waals surface area (Å²) in [7, 11) is 0. The summed E-state index contributed by atoms with van der Waals surface area (Å²) in [6.07, 6.45) is 5.00. The Bertz CT molecular complexity index is 1260. The molecule has 1 aliphatic carbocycles. The first kappa shape index (κ1) is 20.5. The molecular weight excluding hydrogens is 415 g/mol. The van der Waals surface area contributed by atoms with Gasteiger partial charge in [-0.15, -0.1) is 0 Å². The number of halogens is 3. The van der Waals surface area contributed by atoms with Crippen molar-refractivity contribution < 1.29 is 17.9 Å². The summed E-state index contributed by atoms with van der Waals surface area (Å²) in [5.41, 5.74) is 4.23. The summed E-state index contributed by atoms with van der Waals surface area (Å²) in [5.74, 6) is 0.00819. The normalized spacial score (nSPS) is 13.8. The Morgan fingerprint density at radius 1 is 1.09 bits per heavy atom. The highest BCUT2D eigenvalue weighted by atomic mass is 19.3. The molecule has 7 heteroatoms. The first-order chi connectivity index (χ1) is 15.5. The van der Waals surface area contributed by atoms with Crippen molar-refractivity contribution in [3.63, 3.8) is 0 Å². The number of pyridine rings is 1. The van der Waals surface area contributed by atoms with E-state index in [-0.39, 0.29) is 16.7 Å². The van der Waals surface area contributed by atoms with E-state index in [1.165, 1.54) is 30.7 Å². The molecule has 4 aromatic rings. The van der Waals surface area contributed by atoms with Gasteiger partial charge in [-0.2, -0.15) is 13.9 Å². The fraction of sp³-hybridized carbons (Fsp3) is 0.280. The summed E-state index contributed by atoms with van der Waals surface area (Å²) in [6.45, 7) is -1.15. The second-order valence-electron chi connectivity index (χ2n) is 8.02. The summed E-state index contributed by atoms with van der Waals surface area (Å²) >= 11 is 0. The van der Waals surface area contributed by atoms with E-state index >= 15 is 0 Å². The van der Waals surface area contributed by atoms with Crippen LogP contribution in [0.25, 0.3) is 16.6 Å². The second-order valence-corrected chi connectivity index (χ2v) is 8.02. The van der Waals surface area contributed by atoms with Crippen LogP contribution >= 0.6 is 0 Å². The lowest BCUT2D eigenvalue weighted by molar-refractivity contribution is -0.0494. The minimum absolute atomic E-state index is 0.00600. The van der Waals surface area contributed by atoms with Gasteiger partial charge in [-0.1, -0.05) is 25.1 Å². The van der Waals surface area contributed by atoms with Crippen LogP contribution in [0.15, 0.2) is 54.7 Å². The predicted molar refractivity (Wildman–Crippen MR) is 116 cm³/mol. The molecule has 2 aromatic heterocycles. The maximum Gasteiger partial charge on any atom is 0.387 e. The van der Waals surface area contributed by atoms with Gasteiger partial charge in [0.25, 0.3) is 0 Å². The molecule has 0 spiro atoms. The Morgan fingerprint density at radius 3 is 2.56 bits per heavy atom. The van der Waals surface area contributed by atoms with Gasteiger partial charge in [-0.25, -0.2) is 14.1 Å². The predicted octanol–water partition coefficient (Wildman–Crippen LogP) is 6.19. The van der Waals surface area contributed by atoms with Gasteiger partial charge in [0.05, 0.1) is 5.69 Å². The van der Waals surface area contributed by atoms with E-state index in [9.17, 15) is 13.2 Å². The lowest BCUT2D eigenvalue weighted by atomic mass is 9.98. The van der Waals surface area contributed by atoms with E-state index in [0.29, 0.717) is 30.0 Å². The zero-order chi connectivity index (χ0) is 22.2. The fourth-order valence-electron chi connectivity index (χ4n) is 4.18. The van der Waals surface area contributed by atoms with Crippen molar-refractivity contribution in [3.05, 3.63) is 83.1 Å². The molecule has 164 valence electrons. The second kappa shape index (κ2) is 8.30. The number of hydrogen-bond donors (Lipinski definition) is 0. The first-order valence-corrected chi connectivity index (χ1v) is 10.7. The summed E-state index contributed by atoms with van der Waals surface area (Å²) in [4.78, 5) is 4.44. The van der Waals surface area contributed by atoms with Gasteiger partial charge in [0, 0.05) is 40.9 Å². The maximum atomic E-state index is 14.3. The lowest BCUT2D eigenvalue weighted by Gasteiger charge is -2.17. The van der Waals surface area contributed by atoms with Crippen molar-refractivity contribution >= 4 is 10.9 Å². The Morgan fingerprint density at radius 2 is 1.88 bits per heavy atom. The molecule has 0 N–H and O–H groups in total. The molecule has 0 amide bonds. The van der Waals surface area contributed by atoms with Gasteiger partial charge in [-0.05, 0) is 55.2 Å². The van der Waals surface area contributed by atoms with Crippen LogP contribution in [0.1, 0.15) is 48.2 Å². The number of hydrogen-bond acceptors (Lipinski definition) is 3. The van der Waals surface area contributed by atoms with Crippen LogP contribution in [-0.4, -0.2) is 21.4 Å². The molecule has 0 bridgehead atoms. The largest absolute Gasteiger partial charge is 0.434 e. The van der Waals surface area contributed by atoms with Gasteiger partial charge in [0.1, 0.15) is 17.1 Å². The summed E-state index contributed by atoms with van der Waals surface area (Å²) in [5, 5.41) is 4.70. The number of benzene rings is 2.